The molecule has 2 aliphatic rings. The molecular weight excluding hydrogens is 320 g/mol. The SMILES string of the molecule is Cc1ccc([C@@H]2CCCN2C(=O)[C@H]2CCN(C(=O)OC(C)(C)C)C2)o1. The van der Waals surface area contributed by atoms with E-state index in [0.717, 1.165) is 30.9 Å². The quantitative estimate of drug-likeness (QED) is 0.820. The third kappa shape index (κ3) is 3.99. The van der Waals surface area contributed by atoms with Gasteiger partial charge in [0, 0.05) is 19.6 Å². The number of hydrogen-bond acceptors (Lipinski definition) is 4. The van der Waals surface area contributed by atoms with Gasteiger partial charge in [-0.3, -0.25) is 4.79 Å². The van der Waals surface area contributed by atoms with Gasteiger partial charge in [0.15, 0.2) is 0 Å². The van der Waals surface area contributed by atoms with Crippen LogP contribution in [0.3, 0.4) is 0 Å². The van der Waals surface area contributed by atoms with Crippen molar-refractivity contribution >= 4 is 12.0 Å². The molecule has 0 unspecified atom stereocenters. The van der Waals surface area contributed by atoms with Crippen LogP contribution in [0, 0.1) is 12.8 Å². The third-order valence-corrected chi connectivity index (χ3v) is 4.81. The lowest BCUT2D eigenvalue weighted by Crippen LogP contribution is -2.39. The van der Waals surface area contributed by atoms with Crippen LogP contribution in [0.4, 0.5) is 4.79 Å². The van der Waals surface area contributed by atoms with Gasteiger partial charge in [-0.15, -0.1) is 0 Å². The van der Waals surface area contributed by atoms with Crippen LogP contribution in [0.1, 0.15) is 57.6 Å². The Morgan fingerprint density at radius 2 is 1.96 bits per heavy atom. The highest BCUT2D eigenvalue weighted by atomic mass is 16.6. The predicted molar refractivity (Wildman–Crippen MR) is 93.0 cm³/mol. The number of ether oxygens (including phenoxy) is 1. The van der Waals surface area contributed by atoms with Crippen molar-refractivity contribution in [3.05, 3.63) is 23.7 Å². The van der Waals surface area contributed by atoms with Gasteiger partial charge in [0.2, 0.25) is 5.91 Å². The number of rotatable bonds is 2. The zero-order valence-corrected chi connectivity index (χ0v) is 15.6. The van der Waals surface area contributed by atoms with E-state index < -0.39 is 5.60 Å². The number of furan rings is 1. The van der Waals surface area contributed by atoms with E-state index in [9.17, 15) is 9.59 Å². The first kappa shape index (κ1) is 17.8. The van der Waals surface area contributed by atoms with E-state index in [4.69, 9.17) is 9.15 Å². The summed E-state index contributed by atoms with van der Waals surface area (Å²) in [6, 6.07) is 3.93. The molecule has 6 nitrogen and oxygen atoms in total. The Morgan fingerprint density at radius 1 is 1.20 bits per heavy atom. The fraction of sp³-hybridized carbons (Fsp3) is 0.684. The second-order valence-electron chi connectivity index (χ2n) is 8.05. The van der Waals surface area contributed by atoms with E-state index in [1.54, 1.807) is 4.90 Å². The smallest absolute Gasteiger partial charge is 0.410 e. The molecule has 0 saturated carbocycles. The lowest BCUT2D eigenvalue weighted by atomic mass is 10.1. The Hall–Kier alpha value is -1.98. The third-order valence-electron chi connectivity index (χ3n) is 4.81. The van der Waals surface area contributed by atoms with E-state index in [2.05, 4.69) is 0 Å². The first-order chi connectivity index (χ1) is 11.7. The van der Waals surface area contributed by atoms with Crippen LogP contribution in [0.5, 0.6) is 0 Å². The number of amides is 2. The highest BCUT2D eigenvalue weighted by molar-refractivity contribution is 5.81. The summed E-state index contributed by atoms with van der Waals surface area (Å²) in [5.41, 5.74) is -0.517. The van der Waals surface area contributed by atoms with Gasteiger partial charge < -0.3 is 19.0 Å². The van der Waals surface area contributed by atoms with Crippen molar-refractivity contribution in [1.82, 2.24) is 9.80 Å². The molecular formula is C19H28N2O4. The molecule has 2 saturated heterocycles. The molecule has 2 fully saturated rings. The minimum Gasteiger partial charge on any atom is -0.464 e. The van der Waals surface area contributed by atoms with Gasteiger partial charge in [0.25, 0.3) is 0 Å². The van der Waals surface area contributed by atoms with Crippen molar-refractivity contribution in [2.45, 2.75) is 58.6 Å². The van der Waals surface area contributed by atoms with Crippen molar-refractivity contribution in [1.29, 1.82) is 0 Å². The van der Waals surface area contributed by atoms with Crippen molar-refractivity contribution < 1.29 is 18.7 Å². The predicted octanol–water partition coefficient (Wildman–Crippen LogP) is 3.51. The Kier molecular flexibility index (Phi) is 4.80. The van der Waals surface area contributed by atoms with Crippen molar-refractivity contribution in [2.24, 2.45) is 5.92 Å². The molecule has 1 aromatic rings. The van der Waals surface area contributed by atoms with Crippen LogP contribution in [-0.2, 0) is 9.53 Å². The molecule has 25 heavy (non-hydrogen) atoms. The van der Waals surface area contributed by atoms with Gasteiger partial charge in [-0.25, -0.2) is 4.79 Å². The Bertz CT molecular complexity index is 646. The molecule has 2 atom stereocenters. The van der Waals surface area contributed by atoms with Crippen LogP contribution in [0.15, 0.2) is 16.5 Å². The van der Waals surface area contributed by atoms with Crippen molar-refractivity contribution in [3.8, 4) is 0 Å². The maximum Gasteiger partial charge on any atom is 0.410 e. The molecule has 6 heteroatoms. The molecule has 3 rings (SSSR count). The van der Waals surface area contributed by atoms with Gasteiger partial charge in [0.1, 0.15) is 17.1 Å². The van der Waals surface area contributed by atoms with E-state index in [-0.39, 0.29) is 24.0 Å². The van der Waals surface area contributed by atoms with Crippen LogP contribution in [0.2, 0.25) is 0 Å². The molecule has 0 radical (unpaired) electrons. The summed E-state index contributed by atoms with van der Waals surface area (Å²) in [4.78, 5) is 28.8. The zero-order chi connectivity index (χ0) is 18.2. The molecule has 3 heterocycles. The Labute approximate surface area is 149 Å². The maximum atomic E-state index is 13.0. The van der Waals surface area contributed by atoms with Gasteiger partial charge in [-0.2, -0.15) is 0 Å². The molecule has 0 aromatic carbocycles. The van der Waals surface area contributed by atoms with Crippen LogP contribution < -0.4 is 0 Å². The normalized spacial score (nSPS) is 24.0. The summed E-state index contributed by atoms with van der Waals surface area (Å²) in [5.74, 6) is 1.71. The summed E-state index contributed by atoms with van der Waals surface area (Å²) < 4.78 is 11.2. The Balaban J connectivity index is 1.62. The first-order valence-electron chi connectivity index (χ1n) is 9.09. The summed E-state index contributed by atoms with van der Waals surface area (Å²) in [5, 5.41) is 0. The van der Waals surface area contributed by atoms with E-state index in [0.29, 0.717) is 19.5 Å². The van der Waals surface area contributed by atoms with Crippen LogP contribution in [0.25, 0.3) is 0 Å². The fourth-order valence-electron chi connectivity index (χ4n) is 3.65. The lowest BCUT2D eigenvalue weighted by molar-refractivity contribution is -0.136. The largest absolute Gasteiger partial charge is 0.464 e. The Morgan fingerprint density at radius 3 is 2.60 bits per heavy atom. The maximum absolute atomic E-state index is 13.0. The van der Waals surface area contributed by atoms with E-state index in [1.807, 2.05) is 44.7 Å². The molecule has 2 aliphatic heterocycles. The fourth-order valence-corrected chi connectivity index (χ4v) is 3.65. The first-order valence-corrected chi connectivity index (χ1v) is 9.09. The molecule has 0 N–H and O–H groups in total. The zero-order valence-electron chi connectivity index (χ0n) is 15.6. The number of carbonyl (C=O) groups excluding carboxylic acids is 2. The lowest BCUT2D eigenvalue weighted by Gasteiger charge is -2.27. The van der Waals surface area contributed by atoms with Gasteiger partial charge in [-0.05, 0) is 59.1 Å². The highest BCUT2D eigenvalue weighted by Gasteiger charge is 2.39. The summed E-state index contributed by atoms with van der Waals surface area (Å²) in [6.45, 7) is 9.24. The van der Waals surface area contributed by atoms with Crippen LogP contribution >= 0.6 is 0 Å². The average molecular weight is 348 g/mol. The monoisotopic (exact) mass is 348 g/mol. The standard InChI is InChI=1S/C19H28N2O4/c1-13-7-8-16(24-13)15-6-5-10-21(15)17(22)14-9-11-20(12-14)18(23)25-19(2,3)4/h7-8,14-15H,5-6,9-12H2,1-4H3/t14-,15-/m0/s1. The number of hydrogen-bond donors (Lipinski definition) is 0. The minimum absolute atomic E-state index is 0.0248. The average Bonchev–Trinajstić information content (AvgIpc) is 3.24. The number of nitrogens with zero attached hydrogens (tertiary/aromatic N) is 2. The molecule has 0 spiro atoms. The highest BCUT2D eigenvalue weighted by Crippen LogP contribution is 2.35. The molecule has 138 valence electrons. The van der Waals surface area contributed by atoms with E-state index >= 15 is 0 Å². The van der Waals surface area contributed by atoms with Gasteiger partial charge in [-0.1, -0.05) is 0 Å². The molecule has 1 aromatic heterocycles. The topological polar surface area (TPSA) is 63.0 Å². The molecule has 0 aliphatic carbocycles. The molecule has 0 bridgehead atoms. The van der Waals surface area contributed by atoms with Crippen molar-refractivity contribution in [3.63, 3.8) is 0 Å². The number of aryl methyl sites for hydroxylation is 1. The van der Waals surface area contributed by atoms with Crippen LogP contribution in [-0.4, -0.2) is 47.0 Å². The van der Waals surface area contributed by atoms with Crippen molar-refractivity contribution in [2.75, 3.05) is 19.6 Å². The number of likely N-dealkylation sites (tertiary alicyclic amines) is 2. The summed E-state index contributed by atoms with van der Waals surface area (Å²) in [7, 11) is 0. The molecule has 2 amide bonds. The van der Waals surface area contributed by atoms with Gasteiger partial charge >= 0.3 is 6.09 Å². The number of carbonyl (C=O) groups is 2. The second-order valence-corrected chi connectivity index (χ2v) is 8.05. The van der Waals surface area contributed by atoms with E-state index in [1.165, 1.54) is 0 Å². The van der Waals surface area contributed by atoms with Gasteiger partial charge in [0.05, 0.1) is 12.0 Å². The summed E-state index contributed by atoms with van der Waals surface area (Å²) >= 11 is 0. The second kappa shape index (κ2) is 6.73. The minimum atomic E-state index is -0.517. The summed E-state index contributed by atoms with van der Waals surface area (Å²) in [6.07, 6.45) is 2.28.